The molecule has 4 rings (SSSR count). The average molecular weight is 563 g/mol. The molecule has 4 saturated carbocycles. The van der Waals surface area contributed by atoms with E-state index < -0.39 is 11.4 Å². The Labute approximate surface area is 244 Å². The van der Waals surface area contributed by atoms with Crippen LogP contribution in [0.2, 0.25) is 0 Å². The summed E-state index contributed by atoms with van der Waals surface area (Å²) in [6, 6.07) is 0. The highest BCUT2D eigenvalue weighted by Gasteiger charge is 2.73. The maximum absolute atomic E-state index is 13.3. The van der Waals surface area contributed by atoms with Crippen LogP contribution in [0.5, 0.6) is 0 Å². The average Bonchev–Trinajstić information content (AvgIpc) is 2.91. The van der Waals surface area contributed by atoms with Crippen molar-refractivity contribution in [3.8, 4) is 0 Å². The van der Waals surface area contributed by atoms with Gasteiger partial charge in [0, 0.05) is 25.2 Å². The van der Waals surface area contributed by atoms with Crippen molar-refractivity contribution in [3.05, 3.63) is 0 Å². The minimum Gasteiger partial charge on any atom is -0.451 e. The van der Waals surface area contributed by atoms with E-state index in [-0.39, 0.29) is 23.8 Å². The highest BCUT2D eigenvalue weighted by molar-refractivity contribution is 5.73. The third kappa shape index (κ3) is 8.95. The van der Waals surface area contributed by atoms with Gasteiger partial charge in [-0.3, -0.25) is 14.4 Å². The first kappa shape index (κ1) is 32.9. The van der Waals surface area contributed by atoms with Gasteiger partial charge in [0.05, 0.1) is 0 Å². The SMILES string of the molecule is CCCCCCCC(=O)OC12CC3CC(CC(C3)C1(OC(=O)CCCCCCC)OC(=O)CCCCCCC)C2. The van der Waals surface area contributed by atoms with E-state index in [4.69, 9.17) is 14.2 Å². The van der Waals surface area contributed by atoms with Crippen molar-refractivity contribution in [1.29, 1.82) is 0 Å². The highest BCUT2D eigenvalue weighted by atomic mass is 16.8. The lowest BCUT2D eigenvalue weighted by Gasteiger charge is -2.63. The van der Waals surface area contributed by atoms with E-state index in [1.807, 2.05) is 0 Å². The smallest absolute Gasteiger partial charge is 0.309 e. The first-order chi connectivity index (χ1) is 19.4. The van der Waals surface area contributed by atoms with E-state index in [1.54, 1.807) is 0 Å². The molecule has 4 fully saturated rings. The number of esters is 3. The molecule has 4 aliphatic rings. The van der Waals surface area contributed by atoms with E-state index in [2.05, 4.69) is 20.8 Å². The summed E-state index contributed by atoms with van der Waals surface area (Å²) in [6.45, 7) is 6.53. The Balaban J connectivity index is 1.76. The van der Waals surface area contributed by atoms with Gasteiger partial charge in [0.2, 0.25) is 0 Å². The minimum absolute atomic E-state index is 0.107. The fourth-order valence-corrected chi connectivity index (χ4v) is 7.74. The van der Waals surface area contributed by atoms with Crippen molar-refractivity contribution in [3.63, 3.8) is 0 Å². The van der Waals surface area contributed by atoms with Crippen LogP contribution in [0.25, 0.3) is 0 Å². The molecule has 6 nitrogen and oxygen atoms in total. The topological polar surface area (TPSA) is 78.9 Å². The molecule has 0 N–H and O–H groups in total. The van der Waals surface area contributed by atoms with Crippen LogP contribution in [0.4, 0.5) is 0 Å². The largest absolute Gasteiger partial charge is 0.451 e. The Kier molecular flexibility index (Phi) is 13.8. The van der Waals surface area contributed by atoms with Gasteiger partial charge in [-0.05, 0) is 63.2 Å². The van der Waals surface area contributed by atoms with Crippen molar-refractivity contribution in [2.24, 2.45) is 17.8 Å². The molecule has 0 amide bonds. The van der Waals surface area contributed by atoms with E-state index >= 15 is 0 Å². The zero-order valence-electron chi connectivity index (χ0n) is 25.9. The van der Waals surface area contributed by atoms with Crippen LogP contribution in [-0.2, 0) is 28.6 Å². The van der Waals surface area contributed by atoms with Gasteiger partial charge in [0.1, 0.15) is 0 Å². The fraction of sp³-hybridized carbons (Fsp3) is 0.912. The second-order valence-electron chi connectivity index (χ2n) is 13.1. The molecule has 4 aliphatic carbocycles. The zero-order valence-corrected chi connectivity index (χ0v) is 25.9. The summed E-state index contributed by atoms with van der Waals surface area (Å²) in [5.74, 6) is -1.64. The van der Waals surface area contributed by atoms with Gasteiger partial charge in [-0.1, -0.05) is 97.8 Å². The third-order valence-corrected chi connectivity index (χ3v) is 9.61. The van der Waals surface area contributed by atoms with Crippen molar-refractivity contribution in [2.45, 2.75) is 180 Å². The van der Waals surface area contributed by atoms with Gasteiger partial charge in [-0.15, -0.1) is 0 Å². The van der Waals surface area contributed by atoms with E-state index in [0.717, 1.165) is 109 Å². The van der Waals surface area contributed by atoms with Crippen LogP contribution in [0.15, 0.2) is 0 Å². The number of unbranched alkanes of at least 4 members (excludes halogenated alkanes) is 12. The van der Waals surface area contributed by atoms with Gasteiger partial charge < -0.3 is 14.2 Å². The molecule has 6 heteroatoms. The van der Waals surface area contributed by atoms with Crippen molar-refractivity contribution in [1.82, 2.24) is 0 Å². The number of carbonyl (C=O) groups is 3. The minimum atomic E-state index is -1.49. The summed E-state index contributed by atoms with van der Waals surface area (Å²) in [7, 11) is 0. The first-order valence-corrected chi connectivity index (χ1v) is 17.0. The Hall–Kier alpha value is -1.59. The molecular formula is C34H58O6. The molecule has 2 atom stereocenters. The van der Waals surface area contributed by atoms with Crippen molar-refractivity contribution >= 4 is 17.9 Å². The van der Waals surface area contributed by atoms with E-state index in [1.165, 1.54) is 6.42 Å². The number of ether oxygens (including phenoxy) is 3. The second-order valence-corrected chi connectivity index (χ2v) is 13.1. The van der Waals surface area contributed by atoms with Crippen molar-refractivity contribution in [2.75, 3.05) is 0 Å². The molecule has 40 heavy (non-hydrogen) atoms. The van der Waals surface area contributed by atoms with E-state index in [9.17, 15) is 14.4 Å². The van der Waals surface area contributed by atoms with E-state index in [0.29, 0.717) is 43.9 Å². The highest BCUT2D eigenvalue weighted by Crippen LogP contribution is 2.63. The van der Waals surface area contributed by atoms with Crippen LogP contribution in [0.3, 0.4) is 0 Å². The molecule has 0 radical (unpaired) electrons. The van der Waals surface area contributed by atoms with Crippen LogP contribution in [0, 0.1) is 17.8 Å². The van der Waals surface area contributed by atoms with Crippen LogP contribution < -0.4 is 0 Å². The summed E-state index contributed by atoms with van der Waals surface area (Å²) < 4.78 is 19.1. The predicted molar refractivity (Wildman–Crippen MR) is 157 cm³/mol. The van der Waals surface area contributed by atoms with Crippen molar-refractivity contribution < 1.29 is 28.6 Å². The maximum Gasteiger partial charge on any atom is 0.309 e. The zero-order chi connectivity index (χ0) is 28.8. The quantitative estimate of drug-likeness (QED) is 0.0789. The summed E-state index contributed by atoms with van der Waals surface area (Å²) in [6.07, 6.45) is 20.7. The Morgan fingerprint density at radius 1 is 0.525 bits per heavy atom. The monoisotopic (exact) mass is 562 g/mol. The van der Waals surface area contributed by atoms with Gasteiger partial charge in [0.15, 0.2) is 5.60 Å². The summed E-state index contributed by atoms with van der Waals surface area (Å²) >= 11 is 0. The van der Waals surface area contributed by atoms with Gasteiger partial charge >= 0.3 is 17.9 Å². The lowest BCUT2D eigenvalue weighted by molar-refractivity contribution is -0.365. The molecule has 0 spiro atoms. The normalized spacial score (nSPS) is 26.0. The van der Waals surface area contributed by atoms with Gasteiger partial charge in [-0.25, -0.2) is 0 Å². The Bertz CT molecular complexity index is 749. The van der Waals surface area contributed by atoms with Crippen LogP contribution >= 0.6 is 0 Å². The predicted octanol–water partition coefficient (Wildman–Crippen LogP) is 8.97. The van der Waals surface area contributed by atoms with Gasteiger partial charge in [-0.2, -0.15) is 0 Å². The first-order valence-electron chi connectivity index (χ1n) is 17.0. The molecule has 230 valence electrons. The third-order valence-electron chi connectivity index (χ3n) is 9.61. The summed E-state index contributed by atoms with van der Waals surface area (Å²) in [4.78, 5) is 39.9. The Morgan fingerprint density at radius 3 is 1.30 bits per heavy atom. The fourth-order valence-electron chi connectivity index (χ4n) is 7.74. The Morgan fingerprint density at radius 2 is 0.900 bits per heavy atom. The standard InChI is InChI=1S/C34H58O6/c1-4-7-10-13-16-19-30(35)38-33-25-27-22-28(26-33)24-29(23-27)34(33,39-31(36)20-17-14-11-8-5-2)40-32(37)21-18-15-12-9-6-3/h27-29H,4-26H2,1-3H3. The molecule has 2 unspecified atom stereocenters. The van der Waals surface area contributed by atoms with Crippen LogP contribution in [0.1, 0.15) is 168 Å². The molecule has 4 bridgehead atoms. The lowest BCUT2D eigenvalue weighted by Crippen LogP contribution is -2.73. The summed E-state index contributed by atoms with van der Waals surface area (Å²) in [5, 5.41) is 0. The van der Waals surface area contributed by atoms with Gasteiger partial charge in [0.25, 0.3) is 5.79 Å². The molecule has 0 aromatic rings. The number of hydrogen-bond donors (Lipinski definition) is 0. The summed E-state index contributed by atoms with van der Waals surface area (Å²) in [5.41, 5.74) is -1.06. The molecule has 0 aliphatic heterocycles. The molecule has 0 saturated heterocycles. The molecule has 0 aromatic heterocycles. The molecule has 0 heterocycles. The number of rotatable bonds is 21. The second kappa shape index (κ2) is 16.8. The van der Waals surface area contributed by atoms with Crippen LogP contribution in [-0.4, -0.2) is 29.3 Å². The molecular weight excluding hydrogens is 504 g/mol. The molecule has 0 aromatic carbocycles. The number of carbonyl (C=O) groups excluding carboxylic acids is 3. The number of hydrogen-bond acceptors (Lipinski definition) is 6. The maximum atomic E-state index is 13.3. The lowest BCUT2D eigenvalue weighted by atomic mass is 9.51.